The highest BCUT2D eigenvalue weighted by atomic mass is 32.2. The Morgan fingerprint density at radius 2 is 2.25 bits per heavy atom. The van der Waals surface area contributed by atoms with Crippen molar-refractivity contribution in [3.05, 3.63) is 0 Å². The van der Waals surface area contributed by atoms with Crippen LogP contribution in [0.5, 0.6) is 0 Å². The molecule has 0 aromatic heterocycles. The third kappa shape index (κ3) is 3.14. The minimum Gasteiger partial charge on any atom is -0.469 e. The van der Waals surface area contributed by atoms with Gasteiger partial charge in [0.05, 0.1) is 12.5 Å². The van der Waals surface area contributed by atoms with Crippen LogP contribution in [0.15, 0.2) is 0 Å². The second-order valence-corrected chi connectivity index (χ2v) is 5.82. The number of nitrogens with two attached hydrogens (primary N) is 1. The number of methoxy groups -OCH3 is 1. The number of esters is 1. The molecule has 0 amide bonds. The third-order valence-electron chi connectivity index (χ3n) is 3.43. The van der Waals surface area contributed by atoms with Crippen molar-refractivity contribution in [2.75, 3.05) is 25.2 Å². The molecule has 1 aliphatic rings. The zero-order valence-electron chi connectivity index (χ0n) is 10.3. The molecule has 0 aromatic rings. The van der Waals surface area contributed by atoms with Gasteiger partial charge in [0, 0.05) is 6.54 Å². The van der Waals surface area contributed by atoms with E-state index in [4.69, 9.17) is 10.5 Å². The van der Waals surface area contributed by atoms with Gasteiger partial charge in [0.2, 0.25) is 0 Å². The Bertz CT molecular complexity index is 231. The summed E-state index contributed by atoms with van der Waals surface area (Å²) in [6.07, 6.45) is 4.20. The lowest BCUT2D eigenvalue weighted by molar-refractivity contribution is -0.154. The standard InChI is InChI=1S/C12H23NO2S/c1-3-16-8-4-7-12(9-13,10-5-6-10)11(14)15-2/h10H,3-9,13H2,1-2H3. The van der Waals surface area contributed by atoms with Gasteiger partial charge >= 0.3 is 5.97 Å². The van der Waals surface area contributed by atoms with Crippen molar-refractivity contribution in [2.45, 2.75) is 32.6 Å². The first kappa shape index (κ1) is 13.8. The van der Waals surface area contributed by atoms with Crippen molar-refractivity contribution in [2.24, 2.45) is 17.1 Å². The maximum Gasteiger partial charge on any atom is 0.313 e. The van der Waals surface area contributed by atoms with E-state index in [1.54, 1.807) is 0 Å². The average Bonchev–Trinajstić information content (AvgIpc) is 3.13. The fourth-order valence-electron chi connectivity index (χ4n) is 2.30. The zero-order valence-corrected chi connectivity index (χ0v) is 11.1. The van der Waals surface area contributed by atoms with E-state index in [0.717, 1.165) is 37.2 Å². The fourth-order valence-corrected chi connectivity index (χ4v) is 2.94. The first-order valence-corrected chi connectivity index (χ1v) is 7.23. The summed E-state index contributed by atoms with van der Waals surface area (Å²) >= 11 is 1.92. The van der Waals surface area contributed by atoms with Crippen LogP contribution in [0.25, 0.3) is 0 Å². The van der Waals surface area contributed by atoms with Crippen LogP contribution in [0.4, 0.5) is 0 Å². The number of thioether (sulfide) groups is 1. The molecule has 94 valence electrons. The lowest BCUT2D eigenvalue weighted by Gasteiger charge is -2.29. The second-order valence-electron chi connectivity index (χ2n) is 4.43. The first-order valence-electron chi connectivity index (χ1n) is 6.07. The van der Waals surface area contributed by atoms with E-state index >= 15 is 0 Å². The Hall–Kier alpha value is -0.220. The summed E-state index contributed by atoms with van der Waals surface area (Å²) in [4.78, 5) is 11.9. The monoisotopic (exact) mass is 245 g/mol. The molecule has 1 saturated carbocycles. The minimum absolute atomic E-state index is 0.0981. The molecule has 0 bridgehead atoms. The number of carbonyl (C=O) groups is 1. The van der Waals surface area contributed by atoms with Crippen LogP contribution in [0.3, 0.4) is 0 Å². The van der Waals surface area contributed by atoms with Gasteiger partial charge in [-0.05, 0) is 43.1 Å². The van der Waals surface area contributed by atoms with Crippen LogP contribution < -0.4 is 5.73 Å². The first-order chi connectivity index (χ1) is 7.71. The third-order valence-corrected chi connectivity index (χ3v) is 4.42. The SMILES string of the molecule is CCSCCCC(CN)(C(=O)OC)C1CC1. The van der Waals surface area contributed by atoms with Crippen molar-refractivity contribution >= 4 is 17.7 Å². The van der Waals surface area contributed by atoms with Crippen molar-refractivity contribution in [1.82, 2.24) is 0 Å². The van der Waals surface area contributed by atoms with Crippen molar-refractivity contribution < 1.29 is 9.53 Å². The Kier molecular flexibility index (Phi) is 5.62. The van der Waals surface area contributed by atoms with Crippen LogP contribution in [0.1, 0.15) is 32.6 Å². The van der Waals surface area contributed by atoms with Gasteiger partial charge in [-0.2, -0.15) is 11.8 Å². The zero-order chi connectivity index (χ0) is 12.0. The molecular weight excluding hydrogens is 222 g/mol. The quantitative estimate of drug-likeness (QED) is 0.525. The van der Waals surface area contributed by atoms with Gasteiger partial charge in [-0.15, -0.1) is 0 Å². The second kappa shape index (κ2) is 6.50. The fraction of sp³-hybridized carbons (Fsp3) is 0.917. The topological polar surface area (TPSA) is 52.3 Å². The highest BCUT2D eigenvalue weighted by Gasteiger charge is 2.50. The Morgan fingerprint density at radius 3 is 2.69 bits per heavy atom. The van der Waals surface area contributed by atoms with E-state index in [-0.39, 0.29) is 11.4 Å². The highest BCUT2D eigenvalue weighted by Crippen LogP contribution is 2.48. The predicted molar refractivity (Wildman–Crippen MR) is 68.5 cm³/mol. The molecule has 1 atom stereocenters. The molecule has 0 radical (unpaired) electrons. The molecule has 0 aliphatic heterocycles. The normalized spacial score (nSPS) is 19.2. The molecule has 0 saturated heterocycles. The van der Waals surface area contributed by atoms with E-state index < -0.39 is 0 Å². The van der Waals surface area contributed by atoms with Crippen molar-refractivity contribution in [3.63, 3.8) is 0 Å². The summed E-state index contributed by atoms with van der Waals surface area (Å²) in [6, 6.07) is 0. The molecule has 0 aromatic carbocycles. The van der Waals surface area contributed by atoms with Crippen molar-refractivity contribution in [1.29, 1.82) is 0 Å². The van der Waals surface area contributed by atoms with Gasteiger partial charge in [-0.3, -0.25) is 4.79 Å². The molecule has 4 heteroatoms. The summed E-state index contributed by atoms with van der Waals surface area (Å²) in [5.74, 6) is 2.62. The predicted octanol–water partition coefficient (Wildman–Crippen LogP) is 2.05. The van der Waals surface area contributed by atoms with Crippen LogP contribution in [0.2, 0.25) is 0 Å². The molecule has 2 N–H and O–H groups in total. The van der Waals surface area contributed by atoms with Crippen LogP contribution in [-0.2, 0) is 9.53 Å². The van der Waals surface area contributed by atoms with E-state index in [0.29, 0.717) is 12.5 Å². The average molecular weight is 245 g/mol. The molecular formula is C12H23NO2S. The van der Waals surface area contributed by atoms with Gasteiger partial charge in [-0.25, -0.2) is 0 Å². The number of ether oxygens (including phenoxy) is 1. The summed E-state index contributed by atoms with van der Waals surface area (Å²) in [6.45, 7) is 2.59. The minimum atomic E-state index is -0.386. The number of hydrogen-bond donors (Lipinski definition) is 1. The smallest absolute Gasteiger partial charge is 0.313 e. The molecule has 1 rings (SSSR count). The Balaban J connectivity index is 2.52. The Labute approximate surface area is 102 Å². The molecule has 16 heavy (non-hydrogen) atoms. The number of rotatable bonds is 8. The van der Waals surface area contributed by atoms with Gasteiger partial charge in [0.1, 0.15) is 0 Å². The molecule has 0 spiro atoms. The summed E-state index contributed by atoms with van der Waals surface area (Å²) in [5, 5.41) is 0. The van der Waals surface area contributed by atoms with Crippen molar-refractivity contribution in [3.8, 4) is 0 Å². The Morgan fingerprint density at radius 1 is 1.56 bits per heavy atom. The lowest BCUT2D eigenvalue weighted by Crippen LogP contribution is -2.41. The van der Waals surface area contributed by atoms with Crippen LogP contribution in [-0.4, -0.2) is 31.1 Å². The maximum atomic E-state index is 11.9. The van der Waals surface area contributed by atoms with E-state index in [1.165, 1.54) is 7.11 Å². The molecule has 1 aliphatic carbocycles. The maximum absolute atomic E-state index is 11.9. The molecule has 0 heterocycles. The van der Waals surface area contributed by atoms with E-state index in [9.17, 15) is 4.79 Å². The number of carbonyl (C=O) groups excluding carboxylic acids is 1. The highest BCUT2D eigenvalue weighted by molar-refractivity contribution is 7.99. The van der Waals surface area contributed by atoms with Crippen LogP contribution >= 0.6 is 11.8 Å². The van der Waals surface area contributed by atoms with Gasteiger partial charge in [-0.1, -0.05) is 6.92 Å². The van der Waals surface area contributed by atoms with Gasteiger partial charge in [0.25, 0.3) is 0 Å². The summed E-state index contributed by atoms with van der Waals surface area (Å²) in [5.41, 5.74) is 5.45. The largest absolute Gasteiger partial charge is 0.469 e. The van der Waals surface area contributed by atoms with Crippen LogP contribution in [0, 0.1) is 11.3 Å². The molecule has 1 fully saturated rings. The van der Waals surface area contributed by atoms with E-state index in [1.807, 2.05) is 11.8 Å². The molecule has 1 unspecified atom stereocenters. The number of hydrogen-bond acceptors (Lipinski definition) is 4. The lowest BCUT2D eigenvalue weighted by atomic mass is 9.78. The van der Waals surface area contributed by atoms with Gasteiger partial charge in [0.15, 0.2) is 0 Å². The summed E-state index contributed by atoms with van der Waals surface area (Å²) < 4.78 is 4.94. The van der Waals surface area contributed by atoms with Gasteiger partial charge < -0.3 is 10.5 Å². The molecule has 3 nitrogen and oxygen atoms in total. The van der Waals surface area contributed by atoms with E-state index in [2.05, 4.69) is 6.92 Å². The summed E-state index contributed by atoms with van der Waals surface area (Å²) in [7, 11) is 1.47.